The first-order chi connectivity index (χ1) is 15.7. The smallest absolute Gasteiger partial charge is 0.269 e. The minimum absolute atomic E-state index is 0.0232. The van der Waals surface area contributed by atoms with Crippen molar-refractivity contribution in [2.24, 2.45) is 5.10 Å². The lowest BCUT2D eigenvalue weighted by molar-refractivity contribution is -0.384. The maximum atomic E-state index is 13.3. The number of halogens is 1. The minimum Gasteiger partial charge on any atom is -0.271 e. The molecule has 0 atom stereocenters. The Bertz CT molecular complexity index is 1300. The van der Waals surface area contributed by atoms with E-state index in [9.17, 15) is 23.3 Å². The minimum atomic E-state index is -4.13. The highest BCUT2D eigenvalue weighted by molar-refractivity contribution is 9.10. The van der Waals surface area contributed by atoms with E-state index in [0.717, 1.165) is 14.3 Å². The molecule has 3 aromatic carbocycles. The number of nitrogens with one attached hydrogen (secondary N) is 1. The molecule has 1 amide bonds. The van der Waals surface area contributed by atoms with Gasteiger partial charge in [-0.05, 0) is 48.9 Å². The summed E-state index contributed by atoms with van der Waals surface area (Å²) in [5, 5.41) is 15.0. The summed E-state index contributed by atoms with van der Waals surface area (Å²) in [6.45, 7) is 1.13. The topological polar surface area (TPSA) is 122 Å². The zero-order valence-corrected chi connectivity index (χ0v) is 19.8. The van der Waals surface area contributed by atoms with Gasteiger partial charge in [0.25, 0.3) is 21.6 Å². The molecule has 0 saturated heterocycles. The number of benzene rings is 3. The SMILES string of the molecule is C/C(=N/NC(=O)CN(c1ccc([N+](=O)[O-])cc1)S(=O)(=O)c1ccccc1)c1cccc(Br)c1. The molecule has 0 radical (unpaired) electrons. The van der Waals surface area contributed by atoms with Crippen LogP contribution < -0.4 is 9.73 Å². The van der Waals surface area contributed by atoms with Gasteiger partial charge in [0.1, 0.15) is 6.54 Å². The molecule has 0 spiro atoms. The van der Waals surface area contributed by atoms with E-state index in [1.165, 1.54) is 36.4 Å². The molecule has 0 aromatic heterocycles. The Morgan fingerprint density at radius 2 is 1.73 bits per heavy atom. The van der Waals surface area contributed by atoms with Crippen molar-refractivity contribution >= 4 is 48.9 Å². The summed E-state index contributed by atoms with van der Waals surface area (Å²) in [6, 6.07) is 19.8. The van der Waals surface area contributed by atoms with Crippen molar-refractivity contribution in [1.29, 1.82) is 0 Å². The third kappa shape index (κ3) is 6.02. The average molecular weight is 531 g/mol. The Morgan fingerprint density at radius 1 is 1.06 bits per heavy atom. The highest BCUT2D eigenvalue weighted by atomic mass is 79.9. The molecule has 0 aliphatic heterocycles. The fraction of sp³-hybridized carbons (Fsp3) is 0.0909. The predicted octanol–water partition coefficient (Wildman–Crippen LogP) is 4.09. The highest BCUT2D eigenvalue weighted by Gasteiger charge is 2.27. The Morgan fingerprint density at radius 3 is 2.33 bits per heavy atom. The quantitative estimate of drug-likeness (QED) is 0.267. The van der Waals surface area contributed by atoms with Crippen LogP contribution in [0.3, 0.4) is 0 Å². The van der Waals surface area contributed by atoms with Gasteiger partial charge in [-0.25, -0.2) is 13.8 Å². The Kier molecular flexibility index (Phi) is 7.56. The lowest BCUT2D eigenvalue weighted by Crippen LogP contribution is -2.39. The van der Waals surface area contributed by atoms with Gasteiger partial charge >= 0.3 is 0 Å². The lowest BCUT2D eigenvalue weighted by atomic mass is 10.1. The van der Waals surface area contributed by atoms with Gasteiger partial charge in [0.05, 0.1) is 21.2 Å². The average Bonchev–Trinajstić information content (AvgIpc) is 2.81. The fourth-order valence-electron chi connectivity index (χ4n) is 2.87. The van der Waals surface area contributed by atoms with Crippen LogP contribution in [0.1, 0.15) is 12.5 Å². The number of non-ortho nitro benzene ring substituents is 1. The van der Waals surface area contributed by atoms with Crippen molar-refractivity contribution in [3.63, 3.8) is 0 Å². The van der Waals surface area contributed by atoms with E-state index < -0.39 is 27.4 Å². The number of carbonyl (C=O) groups excluding carboxylic acids is 1. The molecule has 1 N–H and O–H groups in total. The molecule has 3 rings (SSSR count). The summed E-state index contributed by atoms with van der Waals surface area (Å²) in [7, 11) is -4.13. The number of hydrogen-bond acceptors (Lipinski definition) is 6. The zero-order valence-electron chi connectivity index (χ0n) is 17.4. The van der Waals surface area contributed by atoms with Gasteiger partial charge in [-0.3, -0.25) is 19.2 Å². The summed E-state index contributed by atoms with van der Waals surface area (Å²) in [6.07, 6.45) is 0. The number of rotatable bonds is 8. The summed E-state index contributed by atoms with van der Waals surface area (Å²) < 4.78 is 28.2. The molecule has 170 valence electrons. The number of nitrogens with zero attached hydrogens (tertiary/aromatic N) is 3. The molecule has 0 aliphatic carbocycles. The number of carbonyl (C=O) groups is 1. The molecule has 0 saturated carbocycles. The summed E-state index contributed by atoms with van der Waals surface area (Å²) in [5.41, 5.74) is 3.58. The molecule has 11 heteroatoms. The molecule has 0 aliphatic rings. The fourth-order valence-corrected chi connectivity index (χ4v) is 4.71. The number of anilines is 1. The maximum Gasteiger partial charge on any atom is 0.269 e. The normalized spacial score (nSPS) is 11.6. The number of nitro groups is 1. The van der Waals surface area contributed by atoms with E-state index in [-0.39, 0.29) is 16.3 Å². The first kappa shape index (κ1) is 24.1. The van der Waals surface area contributed by atoms with Crippen LogP contribution in [0.2, 0.25) is 0 Å². The molecule has 0 fully saturated rings. The number of amides is 1. The molecule has 0 bridgehead atoms. The van der Waals surface area contributed by atoms with Crippen molar-refractivity contribution in [3.05, 3.63) is 99.0 Å². The van der Waals surface area contributed by atoms with Gasteiger partial charge < -0.3 is 0 Å². The maximum absolute atomic E-state index is 13.3. The van der Waals surface area contributed by atoms with Gasteiger partial charge in [-0.2, -0.15) is 5.10 Å². The van der Waals surface area contributed by atoms with Crippen LogP contribution in [-0.4, -0.2) is 31.5 Å². The van der Waals surface area contributed by atoms with Gasteiger partial charge in [0.2, 0.25) is 0 Å². The lowest BCUT2D eigenvalue weighted by Gasteiger charge is -2.23. The van der Waals surface area contributed by atoms with Gasteiger partial charge in [-0.15, -0.1) is 0 Å². The van der Waals surface area contributed by atoms with E-state index in [1.54, 1.807) is 25.1 Å². The molecule has 0 unspecified atom stereocenters. The zero-order chi connectivity index (χ0) is 24.0. The van der Waals surface area contributed by atoms with Crippen molar-refractivity contribution in [3.8, 4) is 0 Å². The van der Waals surface area contributed by atoms with Gasteiger partial charge in [0.15, 0.2) is 0 Å². The van der Waals surface area contributed by atoms with E-state index in [4.69, 9.17) is 0 Å². The first-order valence-electron chi connectivity index (χ1n) is 9.60. The Balaban J connectivity index is 1.88. The molecule has 3 aromatic rings. The standard InChI is InChI=1S/C22H19BrN4O5S/c1-16(17-6-5-7-18(23)14-17)24-25-22(28)15-26(19-10-12-20(13-11-19)27(29)30)33(31,32)21-8-3-2-4-9-21/h2-14H,15H2,1H3,(H,25,28)/b24-16-. The van der Waals surface area contributed by atoms with E-state index in [1.807, 2.05) is 24.3 Å². The molecule has 0 heterocycles. The van der Waals surface area contributed by atoms with Crippen molar-refractivity contribution in [2.45, 2.75) is 11.8 Å². The van der Waals surface area contributed by atoms with E-state index >= 15 is 0 Å². The Hall–Kier alpha value is -3.57. The van der Waals surface area contributed by atoms with Gasteiger partial charge in [-0.1, -0.05) is 46.3 Å². The molecular formula is C22H19BrN4O5S. The first-order valence-corrected chi connectivity index (χ1v) is 11.8. The largest absolute Gasteiger partial charge is 0.271 e. The number of hydrazone groups is 1. The van der Waals surface area contributed by atoms with Crippen LogP contribution >= 0.6 is 15.9 Å². The summed E-state index contributed by atoms with van der Waals surface area (Å²) in [5.74, 6) is -0.679. The number of hydrogen-bond donors (Lipinski definition) is 1. The summed E-state index contributed by atoms with van der Waals surface area (Å²) in [4.78, 5) is 23.0. The van der Waals surface area contributed by atoms with Crippen LogP contribution in [0.25, 0.3) is 0 Å². The third-order valence-corrected chi connectivity index (χ3v) is 6.84. The molecule has 9 nitrogen and oxygen atoms in total. The second-order valence-electron chi connectivity index (χ2n) is 6.84. The van der Waals surface area contributed by atoms with E-state index in [0.29, 0.717) is 5.71 Å². The second-order valence-corrected chi connectivity index (χ2v) is 9.62. The highest BCUT2D eigenvalue weighted by Crippen LogP contribution is 2.25. The van der Waals surface area contributed by atoms with Crippen LogP contribution in [0, 0.1) is 10.1 Å². The van der Waals surface area contributed by atoms with E-state index in [2.05, 4.69) is 26.5 Å². The van der Waals surface area contributed by atoms with Crippen molar-refractivity contribution in [2.75, 3.05) is 10.8 Å². The summed E-state index contributed by atoms with van der Waals surface area (Å²) >= 11 is 3.37. The van der Waals surface area contributed by atoms with Crippen LogP contribution in [0.4, 0.5) is 11.4 Å². The Labute approximate surface area is 199 Å². The number of sulfonamides is 1. The van der Waals surface area contributed by atoms with Crippen LogP contribution in [0.5, 0.6) is 0 Å². The number of nitro benzene ring substituents is 1. The van der Waals surface area contributed by atoms with Crippen LogP contribution in [0.15, 0.2) is 93.3 Å². The van der Waals surface area contributed by atoms with Gasteiger partial charge in [0, 0.05) is 16.6 Å². The third-order valence-electron chi connectivity index (χ3n) is 4.56. The predicted molar refractivity (Wildman–Crippen MR) is 129 cm³/mol. The van der Waals surface area contributed by atoms with Crippen LogP contribution in [-0.2, 0) is 14.8 Å². The van der Waals surface area contributed by atoms with Crippen molar-refractivity contribution in [1.82, 2.24) is 5.43 Å². The van der Waals surface area contributed by atoms with Crippen molar-refractivity contribution < 1.29 is 18.1 Å². The monoisotopic (exact) mass is 530 g/mol. The molecule has 33 heavy (non-hydrogen) atoms. The second kappa shape index (κ2) is 10.4. The molecular weight excluding hydrogens is 512 g/mol.